The molecule has 8 heteroatoms. The first kappa shape index (κ1) is 21.4. The predicted octanol–water partition coefficient (Wildman–Crippen LogP) is 2.73. The second kappa shape index (κ2) is 9.34. The van der Waals surface area contributed by atoms with Gasteiger partial charge in [0, 0.05) is 26.8 Å². The van der Waals surface area contributed by atoms with Crippen LogP contribution in [-0.2, 0) is 14.8 Å². The van der Waals surface area contributed by atoms with Gasteiger partial charge in [0.15, 0.2) is 0 Å². The van der Waals surface area contributed by atoms with Gasteiger partial charge < -0.3 is 5.32 Å². The van der Waals surface area contributed by atoms with Crippen molar-refractivity contribution in [2.75, 3.05) is 20.6 Å². The van der Waals surface area contributed by atoms with Crippen LogP contribution in [0, 0.1) is 0 Å². The van der Waals surface area contributed by atoms with Crippen molar-refractivity contribution >= 4 is 27.7 Å². The molecule has 1 N–H and O–H groups in total. The Bertz CT molecular complexity index is 854. The quantitative estimate of drug-likeness (QED) is 0.681. The molecule has 6 nitrogen and oxygen atoms in total. The first-order valence-electron chi connectivity index (χ1n) is 8.59. The number of aromatic nitrogens is 1. The van der Waals surface area contributed by atoms with Gasteiger partial charge in [-0.15, -0.1) is 0 Å². The molecule has 146 valence electrons. The van der Waals surface area contributed by atoms with Crippen molar-refractivity contribution in [3.8, 4) is 0 Å². The highest BCUT2D eigenvalue weighted by Gasteiger charge is 2.19. The lowest BCUT2D eigenvalue weighted by Crippen LogP contribution is -2.33. The van der Waals surface area contributed by atoms with E-state index in [0.29, 0.717) is 11.6 Å². The van der Waals surface area contributed by atoms with Crippen molar-refractivity contribution in [1.29, 1.82) is 0 Å². The minimum absolute atomic E-state index is 0.0745. The first-order valence-corrected chi connectivity index (χ1v) is 10.9. The molecule has 1 aromatic carbocycles. The Hall–Kier alpha value is -1.90. The molecule has 0 fully saturated rings. The van der Waals surface area contributed by atoms with Gasteiger partial charge in [-0.25, -0.2) is 17.7 Å². The standard InChI is InChI=1S/C19H25N3O3S2/c1-14(16-8-6-5-7-9-16)12-21-19(23)15(2)26-18-11-10-17(13-20-18)27(24,25)22(3)4/h5-11,13-15H,12H2,1-4H3,(H,21,23)/t14-,15+/m1/s1. The monoisotopic (exact) mass is 407 g/mol. The minimum Gasteiger partial charge on any atom is -0.355 e. The second-order valence-corrected chi connectivity index (χ2v) is 9.95. The average Bonchev–Trinajstić information content (AvgIpc) is 2.66. The largest absolute Gasteiger partial charge is 0.355 e. The Kier molecular flexibility index (Phi) is 7.41. The lowest BCUT2D eigenvalue weighted by Gasteiger charge is -2.16. The van der Waals surface area contributed by atoms with Gasteiger partial charge in [0.25, 0.3) is 0 Å². The molecule has 0 radical (unpaired) electrons. The molecule has 2 rings (SSSR count). The Labute approximate surface area is 165 Å². The van der Waals surface area contributed by atoms with E-state index < -0.39 is 10.0 Å². The SMILES string of the molecule is C[C@H](Sc1ccc(S(=O)(=O)N(C)C)cn1)C(=O)NC[C@@H](C)c1ccccc1. The summed E-state index contributed by atoms with van der Waals surface area (Å²) in [6.45, 7) is 4.43. The van der Waals surface area contributed by atoms with Gasteiger partial charge >= 0.3 is 0 Å². The number of nitrogens with zero attached hydrogens (tertiary/aromatic N) is 2. The summed E-state index contributed by atoms with van der Waals surface area (Å²) in [4.78, 5) is 16.6. The van der Waals surface area contributed by atoms with E-state index in [1.54, 1.807) is 13.0 Å². The number of hydrogen-bond donors (Lipinski definition) is 1. The van der Waals surface area contributed by atoms with Gasteiger partial charge in [-0.2, -0.15) is 0 Å². The Morgan fingerprint density at radius 3 is 2.37 bits per heavy atom. The molecule has 0 aliphatic heterocycles. The lowest BCUT2D eigenvalue weighted by atomic mass is 10.0. The van der Waals surface area contributed by atoms with Crippen LogP contribution < -0.4 is 5.32 Å². The van der Waals surface area contributed by atoms with Crippen LogP contribution >= 0.6 is 11.8 Å². The van der Waals surface area contributed by atoms with Crippen molar-refractivity contribution in [2.24, 2.45) is 0 Å². The van der Waals surface area contributed by atoms with Gasteiger partial charge in [-0.3, -0.25) is 4.79 Å². The summed E-state index contributed by atoms with van der Waals surface area (Å²) in [5, 5.41) is 3.23. The third-order valence-electron chi connectivity index (χ3n) is 4.11. The highest BCUT2D eigenvalue weighted by Crippen LogP contribution is 2.23. The van der Waals surface area contributed by atoms with Crippen LogP contribution in [0.5, 0.6) is 0 Å². The minimum atomic E-state index is -3.50. The summed E-state index contributed by atoms with van der Waals surface area (Å²) in [5.41, 5.74) is 1.18. The highest BCUT2D eigenvalue weighted by atomic mass is 32.2. The average molecular weight is 408 g/mol. The fourth-order valence-corrected chi connectivity index (χ4v) is 3.99. The van der Waals surface area contributed by atoms with Gasteiger partial charge in [0.2, 0.25) is 15.9 Å². The number of hydrogen-bond acceptors (Lipinski definition) is 5. The molecule has 0 saturated carbocycles. The molecule has 2 atom stereocenters. The summed E-state index contributed by atoms with van der Waals surface area (Å²) in [5.74, 6) is 0.149. The second-order valence-electron chi connectivity index (χ2n) is 6.44. The zero-order chi connectivity index (χ0) is 20.0. The molecule has 0 aliphatic carbocycles. The summed E-state index contributed by atoms with van der Waals surface area (Å²) in [6, 6.07) is 13.2. The summed E-state index contributed by atoms with van der Waals surface area (Å²) in [7, 11) is -0.555. The van der Waals surface area contributed by atoms with Crippen molar-refractivity contribution in [3.05, 3.63) is 54.2 Å². The molecule has 0 bridgehead atoms. The van der Waals surface area contributed by atoms with Gasteiger partial charge in [-0.1, -0.05) is 49.0 Å². The van der Waals surface area contributed by atoms with E-state index in [-0.39, 0.29) is 22.0 Å². The van der Waals surface area contributed by atoms with Crippen LogP contribution in [0.25, 0.3) is 0 Å². The van der Waals surface area contributed by atoms with E-state index in [1.807, 2.05) is 30.3 Å². The smallest absolute Gasteiger partial charge is 0.244 e. The first-order chi connectivity index (χ1) is 12.7. The fourth-order valence-electron chi connectivity index (χ4n) is 2.33. The number of pyridine rings is 1. The van der Waals surface area contributed by atoms with Crippen molar-refractivity contribution in [2.45, 2.75) is 34.9 Å². The molecule has 1 amide bonds. The molecule has 0 aliphatic rings. The van der Waals surface area contributed by atoms with Crippen LogP contribution in [-0.4, -0.2) is 49.5 Å². The van der Waals surface area contributed by atoms with E-state index in [4.69, 9.17) is 0 Å². The van der Waals surface area contributed by atoms with Crippen molar-refractivity contribution in [3.63, 3.8) is 0 Å². The van der Waals surface area contributed by atoms with E-state index in [0.717, 1.165) is 4.31 Å². The van der Waals surface area contributed by atoms with E-state index in [9.17, 15) is 13.2 Å². The third-order valence-corrected chi connectivity index (χ3v) is 6.95. The van der Waals surface area contributed by atoms with Gasteiger partial charge in [0.05, 0.1) is 10.3 Å². The lowest BCUT2D eigenvalue weighted by molar-refractivity contribution is -0.120. The zero-order valence-corrected chi connectivity index (χ0v) is 17.5. The van der Waals surface area contributed by atoms with Crippen LogP contribution in [0.15, 0.2) is 58.6 Å². The number of rotatable bonds is 8. The number of thioether (sulfide) groups is 1. The number of amides is 1. The maximum absolute atomic E-state index is 12.3. The van der Waals surface area contributed by atoms with Crippen molar-refractivity contribution < 1.29 is 13.2 Å². The van der Waals surface area contributed by atoms with Crippen LogP contribution in [0.2, 0.25) is 0 Å². The van der Waals surface area contributed by atoms with Crippen LogP contribution in [0.3, 0.4) is 0 Å². The zero-order valence-electron chi connectivity index (χ0n) is 15.9. The van der Waals surface area contributed by atoms with Gasteiger partial charge in [0.1, 0.15) is 4.90 Å². The molecular formula is C19H25N3O3S2. The third kappa shape index (κ3) is 5.79. The van der Waals surface area contributed by atoms with E-state index in [2.05, 4.69) is 17.2 Å². The van der Waals surface area contributed by atoms with Crippen LogP contribution in [0.1, 0.15) is 25.3 Å². The van der Waals surface area contributed by atoms with Crippen LogP contribution in [0.4, 0.5) is 0 Å². The molecule has 1 heterocycles. The number of nitrogens with one attached hydrogen (secondary N) is 1. The molecule has 0 unspecified atom stereocenters. The summed E-state index contributed by atoms with van der Waals surface area (Å²) >= 11 is 1.30. The molecule has 0 saturated heterocycles. The molecule has 1 aromatic heterocycles. The number of sulfonamides is 1. The topological polar surface area (TPSA) is 79.4 Å². The van der Waals surface area contributed by atoms with E-state index in [1.165, 1.54) is 43.7 Å². The number of carbonyl (C=O) groups excluding carboxylic acids is 1. The summed E-state index contributed by atoms with van der Waals surface area (Å²) in [6.07, 6.45) is 1.32. The molecule has 0 spiro atoms. The number of carbonyl (C=O) groups is 1. The molecule has 2 aromatic rings. The van der Waals surface area contributed by atoms with Gasteiger partial charge in [-0.05, 0) is 30.5 Å². The molecular weight excluding hydrogens is 382 g/mol. The Morgan fingerprint density at radius 1 is 1.15 bits per heavy atom. The maximum atomic E-state index is 12.3. The Balaban J connectivity index is 1.90. The maximum Gasteiger partial charge on any atom is 0.244 e. The van der Waals surface area contributed by atoms with Crippen molar-refractivity contribution in [1.82, 2.24) is 14.6 Å². The fraction of sp³-hybridized carbons (Fsp3) is 0.368. The predicted molar refractivity (Wildman–Crippen MR) is 108 cm³/mol. The highest BCUT2D eigenvalue weighted by molar-refractivity contribution is 8.00. The molecule has 27 heavy (non-hydrogen) atoms. The Morgan fingerprint density at radius 2 is 1.81 bits per heavy atom. The summed E-state index contributed by atoms with van der Waals surface area (Å²) < 4.78 is 25.2. The normalized spacial score (nSPS) is 14.0. The number of benzene rings is 1. The van der Waals surface area contributed by atoms with E-state index >= 15 is 0 Å².